The summed E-state index contributed by atoms with van der Waals surface area (Å²) in [5, 5.41) is 3.55. The SMILES string of the molecule is CCOc1c(Br)cc(Br)cc1CNC(C)C1CCCO1. The highest BCUT2D eigenvalue weighted by atomic mass is 79.9. The van der Waals surface area contributed by atoms with E-state index >= 15 is 0 Å². The quantitative estimate of drug-likeness (QED) is 0.765. The van der Waals surface area contributed by atoms with Crippen LogP contribution < -0.4 is 10.1 Å². The minimum atomic E-state index is 0.334. The van der Waals surface area contributed by atoms with Crippen molar-refractivity contribution in [2.75, 3.05) is 13.2 Å². The number of halogens is 2. The van der Waals surface area contributed by atoms with E-state index in [0.717, 1.165) is 39.8 Å². The van der Waals surface area contributed by atoms with E-state index in [1.54, 1.807) is 0 Å². The van der Waals surface area contributed by atoms with E-state index in [4.69, 9.17) is 9.47 Å². The molecule has 1 aliphatic heterocycles. The van der Waals surface area contributed by atoms with E-state index in [1.165, 1.54) is 6.42 Å². The second-order valence-electron chi connectivity index (χ2n) is 5.03. The molecule has 1 fully saturated rings. The summed E-state index contributed by atoms with van der Waals surface area (Å²) in [5.41, 5.74) is 1.15. The summed E-state index contributed by atoms with van der Waals surface area (Å²) < 4.78 is 13.5. The number of hydrogen-bond donors (Lipinski definition) is 1. The molecule has 1 heterocycles. The number of hydrogen-bond acceptors (Lipinski definition) is 3. The second kappa shape index (κ2) is 7.78. The van der Waals surface area contributed by atoms with Crippen LogP contribution in [0.1, 0.15) is 32.3 Å². The summed E-state index contributed by atoms with van der Waals surface area (Å²) >= 11 is 7.10. The molecule has 0 spiro atoms. The maximum Gasteiger partial charge on any atom is 0.138 e. The average Bonchev–Trinajstić information content (AvgIpc) is 2.93. The normalized spacial score (nSPS) is 20.1. The maximum absolute atomic E-state index is 5.74. The second-order valence-corrected chi connectivity index (χ2v) is 6.80. The summed E-state index contributed by atoms with van der Waals surface area (Å²) in [6.07, 6.45) is 2.65. The molecule has 2 atom stereocenters. The zero-order chi connectivity index (χ0) is 14.5. The number of ether oxygens (including phenoxy) is 2. The molecule has 3 nitrogen and oxygen atoms in total. The van der Waals surface area contributed by atoms with Crippen LogP contribution in [0.5, 0.6) is 5.75 Å². The lowest BCUT2D eigenvalue weighted by Crippen LogP contribution is -2.36. The van der Waals surface area contributed by atoms with Gasteiger partial charge in [-0.3, -0.25) is 0 Å². The van der Waals surface area contributed by atoms with Crippen molar-refractivity contribution in [3.63, 3.8) is 0 Å². The van der Waals surface area contributed by atoms with Gasteiger partial charge in [-0.05, 0) is 54.8 Å². The van der Waals surface area contributed by atoms with Crippen molar-refractivity contribution in [1.82, 2.24) is 5.32 Å². The van der Waals surface area contributed by atoms with Gasteiger partial charge in [-0.25, -0.2) is 0 Å². The van der Waals surface area contributed by atoms with Crippen LogP contribution in [0.15, 0.2) is 21.1 Å². The Balaban J connectivity index is 2.03. The van der Waals surface area contributed by atoms with Gasteiger partial charge >= 0.3 is 0 Å². The third kappa shape index (κ3) is 4.20. The van der Waals surface area contributed by atoms with Gasteiger partial charge < -0.3 is 14.8 Å². The van der Waals surface area contributed by atoms with Crippen molar-refractivity contribution < 1.29 is 9.47 Å². The van der Waals surface area contributed by atoms with Crippen LogP contribution in [0.4, 0.5) is 0 Å². The van der Waals surface area contributed by atoms with E-state index in [1.807, 2.05) is 13.0 Å². The Morgan fingerprint density at radius 2 is 2.25 bits per heavy atom. The minimum Gasteiger partial charge on any atom is -0.492 e. The summed E-state index contributed by atoms with van der Waals surface area (Å²) in [6, 6.07) is 4.47. The van der Waals surface area contributed by atoms with Gasteiger partial charge in [-0.15, -0.1) is 0 Å². The Morgan fingerprint density at radius 3 is 2.90 bits per heavy atom. The van der Waals surface area contributed by atoms with E-state index in [-0.39, 0.29) is 0 Å². The Labute approximate surface area is 137 Å². The molecule has 0 saturated carbocycles. The lowest BCUT2D eigenvalue weighted by molar-refractivity contribution is 0.0831. The van der Waals surface area contributed by atoms with Crippen LogP contribution >= 0.6 is 31.9 Å². The highest BCUT2D eigenvalue weighted by Gasteiger charge is 2.22. The summed E-state index contributed by atoms with van der Waals surface area (Å²) in [4.78, 5) is 0. The molecule has 0 amide bonds. The lowest BCUT2D eigenvalue weighted by atomic mass is 10.1. The Bertz CT molecular complexity index is 448. The van der Waals surface area contributed by atoms with Gasteiger partial charge in [0.05, 0.1) is 17.2 Å². The highest BCUT2D eigenvalue weighted by molar-refractivity contribution is 9.11. The summed E-state index contributed by atoms with van der Waals surface area (Å²) in [5.74, 6) is 0.919. The van der Waals surface area contributed by atoms with E-state index in [9.17, 15) is 0 Å². The van der Waals surface area contributed by atoms with Gasteiger partial charge in [0.25, 0.3) is 0 Å². The minimum absolute atomic E-state index is 0.334. The van der Waals surface area contributed by atoms with Crippen molar-refractivity contribution in [3.8, 4) is 5.75 Å². The van der Waals surface area contributed by atoms with Crippen molar-refractivity contribution >= 4 is 31.9 Å². The molecule has 112 valence electrons. The molecular formula is C15H21Br2NO2. The van der Waals surface area contributed by atoms with Crippen molar-refractivity contribution in [3.05, 3.63) is 26.6 Å². The van der Waals surface area contributed by atoms with Gasteiger partial charge in [0, 0.05) is 29.2 Å². The maximum atomic E-state index is 5.74. The Hall–Kier alpha value is -0.100. The lowest BCUT2D eigenvalue weighted by Gasteiger charge is -2.21. The van der Waals surface area contributed by atoms with Crippen LogP contribution in [-0.2, 0) is 11.3 Å². The van der Waals surface area contributed by atoms with Gasteiger partial charge in [0.1, 0.15) is 5.75 Å². The summed E-state index contributed by atoms with van der Waals surface area (Å²) in [7, 11) is 0. The van der Waals surface area contributed by atoms with Gasteiger partial charge in [-0.2, -0.15) is 0 Å². The van der Waals surface area contributed by atoms with Crippen molar-refractivity contribution in [2.45, 2.75) is 45.4 Å². The van der Waals surface area contributed by atoms with E-state index < -0.39 is 0 Å². The number of nitrogens with one attached hydrogen (secondary N) is 1. The molecule has 1 N–H and O–H groups in total. The molecule has 5 heteroatoms. The van der Waals surface area contributed by atoms with Gasteiger partial charge in [-0.1, -0.05) is 15.9 Å². The molecule has 0 aromatic heterocycles. The standard InChI is InChI=1S/C15H21Br2NO2/c1-3-19-15-11(7-12(16)8-13(15)17)9-18-10(2)14-5-4-6-20-14/h7-8,10,14,18H,3-6,9H2,1-2H3. The zero-order valence-corrected chi connectivity index (χ0v) is 15.1. The molecule has 0 aliphatic carbocycles. The zero-order valence-electron chi connectivity index (χ0n) is 11.9. The van der Waals surface area contributed by atoms with Crippen molar-refractivity contribution in [2.24, 2.45) is 0 Å². The monoisotopic (exact) mass is 405 g/mol. The fourth-order valence-corrected chi connectivity index (χ4v) is 3.88. The average molecular weight is 407 g/mol. The molecule has 2 rings (SSSR count). The summed E-state index contributed by atoms with van der Waals surface area (Å²) in [6.45, 7) is 6.51. The Kier molecular flexibility index (Phi) is 6.33. The molecule has 1 aromatic rings. The van der Waals surface area contributed by atoms with E-state index in [2.05, 4.69) is 50.2 Å². The molecule has 1 saturated heterocycles. The molecule has 0 bridgehead atoms. The van der Waals surface area contributed by atoms with E-state index in [0.29, 0.717) is 18.8 Å². The largest absolute Gasteiger partial charge is 0.492 e. The molecule has 1 aliphatic rings. The number of benzene rings is 1. The molecular weight excluding hydrogens is 386 g/mol. The molecule has 20 heavy (non-hydrogen) atoms. The van der Waals surface area contributed by atoms with Crippen LogP contribution in [0.25, 0.3) is 0 Å². The predicted octanol–water partition coefficient (Wildman–Crippen LogP) is 4.27. The van der Waals surface area contributed by atoms with Crippen LogP contribution in [0, 0.1) is 0 Å². The smallest absolute Gasteiger partial charge is 0.138 e. The highest BCUT2D eigenvalue weighted by Crippen LogP contribution is 2.33. The van der Waals surface area contributed by atoms with Crippen LogP contribution in [0.2, 0.25) is 0 Å². The first-order valence-corrected chi connectivity index (χ1v) is 8.66. The molecule has 2 unspecified atom stereocenters. The van der Waals surface area contributed by atoms with Crippen molar-refractivity contribution in [1.29, 1.82) is 0 Å². The molecule has 1 aromatic carbocycles. The van der Waals surface area contributed by atoms with Crippen LogP contribution in [0.3, 0.4) is 0 Å². The first-order valence-electron chi connectivity index (χ1n) is 7.07. The topological polar surface area (TPSA) is 30.5 Å². The first-order chi connectivity index (χ1) is 9.61. The van der Waals surface area contributed by atoms with Gasteiger partial charge in [0.2, 0.25) is 0 Å². The molecule has 0 radical (unpaired) electrons. The third-order valence-electron chi connectivity index (χ3n) is 3.51. The van der Waals surface area contributed by atoms with Gasteiger partial charge in [0.15, 0.2) is 0 Å². The fourth-order valence-electron chi connectivity index (χ4n) is 2.45. The third-order valence-corrected chi connectivity index (χ3v) is 4.56. The predicted molar refractivity (Wildman–Crippen MR) is 88.3 cm³/mol. The first kappa shape index (κ1) is 16.3. The fraction of sp³-hybridized carbons (Fsp3) is 0.600. The van der Waals surface area contributed by atoms with Crippen LogP contribution in [-0.4, -0.2) is 25.4 Å². The Morgan fingerprint density at radius 1 is 1.45 bits per heavy atom. The number of rotatable bonds is 6.